The Hall–Kier alpha value is -3.83. The molecular formula is C33H29BrN2O2. The van der Waals surface area contributed by atoms with Crippen molar-refractivity contribution in [3.63, 3.8) is 0 Å². The van der Waals surface area contributed by atoms with Crippen LogP contribution in [0.25, 0.3) is 0 Å². The fourth-order valence-corrected chi connectivity index (χ4v) is 6.05. The van der Waals surface area contributed by atoms with Gasteiger partial charge < -0.3 is 14.8 Å². The Morgan fingerprint density at radius 1 is 0.974 bits per heavy atom. The first kappa shape index (κ1) is 24.5. The molecule has 0 spiro atoms. The zero-order chi connectivity index (χ0) is 25.9. The number of aliphatic imine (C=N–C) groups is 1. The predicted molar refractivity (Wildman–Crippen MR) is 158 cm³/mol. The minimum Gasteiger partial charge on any atom is -0.493 e. The lowest BCUT2D eigenvalue weighted by Gasteiger charge is -2.37. The van der Waals surface area contributed by atoms with E-state index in [1.165, 1.54) is 16.8 Å². The third kappa shape index (κ3) is 4.99. The molecule has 0 radical (unpaired) electrons. The third-order valence-electron chi connectivity index (χ3n) is 7.36. The van der Waals surface area contributed by atoms with Gasteiger partial charge in [-0.1, -0.05) is 72.8 Å². The van der Waals surface area contributed by atoms with E-state index >= 15 is 0 Å². The fourth-order valence-electron chi connectivity index (χ4n) is 5.47. The summed E-state index contributed by atoms with van der Waals surface area (Å²) in [5, 5.41) is 3.80. The standard InChI is InChI=1S/C33H29BrN2O2/c1-37-31-19-23(18-29(34)33(31)38-21-22-8-3-2-4-9-22)20-35-25-16-14-24(15-17-25)32-28-12-7-11-26(28)27-10-5-6-13-30(27)36-32/h2-11,13-20,26,28,32,36H,12,21H2,1H3/t26-,28+,32+/m1/s1. The number of benzene rings is 4. The van der Waals surface area contributed by atoms with Crippen molar-refractivity contribution in [3.05, 3.63) is 130 Å². The van der Waals surface area contributed by atoms with Gasteiger partial charge in [-0.15, -0.1) is 0 Å². The first-order chi connectivity index (χ1) is 18.7. The summed E-state index contributed by atoms with van der Waals surface area (Å²) in [5.41, 5.74) is 6.87. The van der Waals surface area contributed by atoms with Crippen LogP contribution in [0, 0.1) is 5.92 Å². The van der Waals surface area contributed by atoms with Gasteiger partial charge in [0.25, 0.3) is 0 Å². The molecule has 1 aliphatic heterocycles. The van der Waals surface area contributed by atoms with Gasteiger partial charge in [-0.05, 0) is 80.9 Å². The van der Waals surface area contributed by atoms with Gasteiger partial charge in [0.05, 0.1) is 23.3 Å². The number of allylic oxidation sites excluding steroid dienone is 2. The van der Waals surface area contributed by atoms with Crippen LogP contribution >= 0.6 is 15.9 Å². The van der Waals surface area contributed by atoms with Crippen molar-refractivity contribution in [1.29, 1.82) is 0 Å². The monoisotopic (exact) mass is 564 g/mol. The Labute approximate surface area is 232 Å². The topological polar surface area (TPSA) is 42.8 Å². The predicted octanol–water partition coefficient (Wildman–Crippen LogP) is 8.61. The Morgan fingerprint density at radius 2 is 1.76 bits per heavy atom. The Balaban J connectivity index is 1.17. The van der Waals surface area contributed by atoms with Crippen LogP contribution in [0.4, 0.5) is 11.4 Å². The highest BCUT2D eigenvalue weighted by Gasteiger charge is 2.37. The summed E-state index contributed by atoms with van der Waals surface area (Å²) < 4.78 is 12.5. The van der Waals surface area contributed by atoms with Crippen LogP contribution in [0.3, 0.4) is 0 Å². The smallest absolute Gasteiger partial charge is 0.175 e. The van der Waals surface area contributed by atoms with E-state index < -0.39 is 0 Å². The van der Waals surface area contributed by atoms with Gasteiger partial charge >= 0.3 is 0 Å². The maximum absolute atomic E-state index is 6.06. The van der Waals surface area contributed by atoms with Crippen LogP contribution < -0.4 is 14.8 Å². The first-order valence-electron chi connectivity index (χ1n) is 12.9. The quantitative estimate of drug-likeness (QED) is 0.180. The number of anilines is 1. The fraction of sp³-hybridized carbons (Fsp3) is 0.182. The van der Waals surface area contributed by atoms with Crippen molar-refractivity contribution in [2.75, 3.05) is 12.4 Å². The first-order valence-corrected chi connectivity index (χ1v) is 13.7. The zero-order valence-corrected chi connectivity index (χ0v) is 22.8. The van der Waals surface area contributed by atoms with Crippen molar-refractivity contribution in [2.24, 2.45) is 10.9 Å². The molecule has 4 aromatic carbocycles. The second kappa shape index (κ2) is 10.9. The van der Waals surface area contributed by atoms with Gasteiger partial charge in [-0.25, -0.2) is 0 Å². The third-order valence-corrected chi connectivity index (χ3v) is 7.95. The summed E-state index contributed by atoms with van der Waals surface area (Å²) in [5.74, 6) is 2.35. The lowest BCUT2D eigenvalue weighted by molar-refractivity contribution is 0.282. The number of nitrogens with one attached hydrogen (secondary N) is 1. The van der Waals surface area contributed by atoms with Crippen molar-refractivity contribution >= 4 is 33.5 Å². The molecule has 2 aliphatic rings. The van der Waals surface area contributed by atoms with Crippen LogP contribution in [-0.2, 0) is 6.61 Å². The van der Waals surface area contributed by atoms with E-state index in [0.717, 1.165) is 27.7 Å². The number of hydrogen-bond donors (Lipinski definition) is 1. The van der Waals surface area contributed by atoms with Crippen LogP contribution in [0.15, 0.2) is 113 Å². The Morgan fingerprint density at radius 3 is 2.58 bits per heavy atom. The second-order valence-corrected chi connectivity index (χ2v) is 10.6. The summed E-state index contributed by atoms with van der Waals surface area (Å²) in [6.07, 6.45) is 7.66. The molecule has 0 fully saturated rings. The van der Waals surface area contributed by atoms with Crippen molar-refractivity contribution in [2.45, 2.75) is 25.0 Å². The molecule has 1 aliphatic carbocycles. The highest BCUT2D eigenvalue weighted by atomic mass is 79.9. The van der Waals surface area contributed by atoms with Crippen LogP contribution in [0.5, 0.6) is 11.5 Å². The number of hydrogen-bond acceptors (Lipinski definition) is 4. The largest absolute Gasteiger partial charge is 0.493 e. The van der Waals surface area contributed by atoms with Crippen LogP contribution in [0.2, 0.25) is 0 Å². The molecule has 5 heteroatoms. The van der Waals surface area contributed by atoms with Crippen molar-refractivity contribution in [3.8, 4) is 11.5 Å². The van der Waals surface area contributed by atoms with E-state index in [4.69, 9.17) is 14.5 Å². The minimum absolute atomic E-state index is 0.284. The molecule has 0 saturated heterocycles. The molecule has 0 bridgehead atoms. The molecule has 190 valence electrons. The van der Waals surface area contributed by atoms with E-state index in [1.54, 1.807) is 7.11 Å². The highest BCUT2D eigenvalue weighted by Crippen LogP contribution is 2.49. The van der Waals surface area contributed by atoms with Crippen molar-refractivity contribution in [1.82, 2.24) is 0 Å². The molecular weight excluding hydrogens is 536 g/mol. The van der Waals surface area contributed by atoms with Gasteiger partial charge in [0.15, 0.2) is 11.5 Å². The number of rotatable bonds is 7. The maximum Gasteiger partial charge on any atom is 0.175 e. The molecule has 4 nitrogen and oxygen atoms in total. The van der Waals surface area contributed by atoms with E-state index in [2.05, 4.69) is 81.9 Å². The van der Waals surface area contributed by atoms with Gasteiger partial charge in [0.2, 0.25) is 0 Å². The minimum atomic E-state index is 0.284. The zero-order valence-electron chi connectivity index (χ0n) is 21.2. The second-order valence-electron chi connectivity index (χ2n) is 9.72. The van der Waals surface area contributed by atoms with E-state index in [-0.39, 0.29) is 6.04 Å². The summed E-state index contributed by atoms with van der Waals surface area (Å²) in [6.45, 7) is 0.467. The number of para-hydroxylation sites is 1. The number of ether oxygens (including phenoxy) is 2. The van der Waals surface area contributed by atoms with E-state index in [0.29, 0.717) is 29.9 Å². The maximum atomic E-state index is 6.06. The van der Waals surface area contributed by atoms with Gasteiger partial charge in [-0.3, -0.25) is 4.99 Å². The van der Waals surface area contributed by atoms with Crippen molar-refractivity contribution < 1.29 is 9.47 Å². The molecule has 1 N–H and O–H groups in total. The number of methoxy groups -OCH3 is 1. The highest BCUT2D eigenvalue weighted by molar-refractivity contribution is 9.10. The molecule has 4 aromatic rings. The molecule has 0 saturated carbocycles. The van der Waals surface area contributed by atoms with Crippen LogP contribution in [0.1, 0.15) is 40.6 Å². The molecule has 1 heterocycles. The van der Waals surface area contributed by atoms with Gasteiger partial charge in [0.1, 0.15) is 6.61 Å². The average molecular weight is 566 g/mol. The average Bonchev–Trinajstić information content (AvgIpc) is 3.46. The number of halogens is 1. The van der Waals surface area contributed by atoms with Crippen LogP contribution in [-0.4, -0.2) is 13.3 Å². The normalized spacial score (nSPS) is 19.6. The summed E-state index contributed by atoms with van der Waals surface area (Å²) in [6, 6.07) is 31.6. The summed E-state index contributed by atoms with van der Waals surface area (Å²) >= 11 is 3.65. The molecule has 38 heavy (non-hydrogen) atoms. The SMILES string of the molecule is COc1cc(C=Nc2ccc([C@@H]3Nc4ccccc4[C@H]4C=CC[C@@H]43)cc2)cc(Br)c1OCc1ccccc1. The van der Waals surface area contributed by atoms with Gasteiger partial charge in [-0.2, -0.15) is 0 Å². The van der Waals surface area contributed by atoms with E-state index in [1.807, 2.05) is 48.7 Å². The summed E-state index contributed by atoms with van der Waals surface area (Å²) in [4.78, 5) is 4.73. The Kier molecular flexibility index (Phi) is 7.02. The van der Waals surface area contributed by atoms with E-state index in [9.17, 15) is 0 Å². The number of fused-ring (bicyclic) bond motifs is 3. The molecule has 0 unspecified atom stereocenters. The molecule has 0 aromatic heterocycles. The molecule has 0 amide bonds. The molecule has 6 rings (SSSR count). The lowest BCUT2D eigenvalue weighted by Crippen LogP contribution is -2.28. The Bertz CT molecular complexity index is 1480. The summed E-state index contributed by atoms with van der Waals surface area (Å²) in [7, 11) is 1.65. The number of nitrogens with zero attached hydrogens (tertiary/aromatic N) is 1. The lowest BCUT2D eigenvalue weighted by atomic mass is 9.77. The molecule has 3 atom stereocenters. The van der Waals surface area contributed by atoms with Gasteiger partial charge in [0, 0.05) is 17.8 Å².